The molecule has 1 amide bonds. The lowest BCUT2D eigenvalue weighted by Gasteiger charge is -2.08. The summed E-state index contributed by atoms with van der Waals surface area (Å²) in [5.74, 6) is 0.390. The number of aryl methyl sites for hydroxylation is 1. The summed E-state index contributed by atoms with van der Waals surface area (Å²) >= 11 is 7.02. The van der Waals surface area contributed by atoms with Gasteiger partial charge in [-0.2, -0.15) is 0 Å². The molecule has 1 aromatic carbocycles. The molecule has 2 rings (SSSR count). The highest BCUT2D eigenvalue weighted by Gasteiger charge is 2.13. The standard InChI is InChI=1S/C15H18ClFN4OS/c1-3-7-21-13(4-2)19-20-15(21)23-9-14(22)18-10-5-6-12(17)11(16)8-10/h5-6,8H,3-4,7,9H2,1-2H3,(H,18,22). The minimum absolute atomic E-state index is 0.0225. The topological polar surface area (TPSA) is 59.8 Å². The van der Waals surface area contributed by atoms with Gasteiger partial charge in [0.05, 0.1) is 10.8 Å². The summed E-state index contributed by atoms with van der Waals surface area (Å²) in [4.78, 5) is 12.0. The Kier molecular flexibility index (Phi) is 6.41. The molecule has 0 aliphatic heterocycles. The SMILES string of the molecule is CCCn1c(CC)nnc1SCC(=O)Nc1ccc(F)c(Cl)c1. The van der Waals surface area contributed by atoms with Gasteiger partial charge < -0.3 is 9.88 Å². The molecule has 0 bridgehead atoms. The fourth-order valence-electron chi connectivity index (χ4n) is 2.04. The zero-order valence-electron chi connectivity index (χ0n) is 13.0. The van der Waals surface area contributed by atoms with Crippen LogP contribution in [-0.4, -0.2) is 26.4 Å². The first-order valence-corrected chi connectivity index (χ1v) is 8.71. The fraction of sp³-hybridized carbons (Fsp3) is 0.400. The normalized spacial score (nSPS) is 10.8. The number of rotatable bonds is 7. The van der Waals surface area contributed by atoms with Crippen LogP contribution < -0.4 is 5.32 Å². The first-order chi connectivity index (χ1) is 11.0. The van der Waals surface area contributed by atoms with Crippen LogP contribution in [0, 0.1) is 5.82 Å². The molecule has 1 heterocycles. The van der Waals surface area contributed by atoms with Crippen LogP contribution in [0.3, 0.4) is 0 Å². The van der Waals surface area contributed by atoms with Gasteiger partial charge in [0.25, 0.3) is 0 Å². The third-order valence-corrected chi connectivity index (χ3v) is 4.35. The van der Waals surface area contributed by atoms with Crippen molar-refractivity contribution in [2.45, 2.75) is 38.4 Å². The van der Waals surface area contributed by atoms with Crippen molar-refractivity contribution in [3.8, 4) is 0 Å². The van der Waals surface area contributed by atoms with E-state index in [-0.39, 0.29) is 16.7 Å². The molecule has 0 aliphatic carbocycles. The summed E-state index contributed by atoms with van der Waals surface area (Å²) in [7, 11) is 0. The number of anilines is 1. The average molecular weight is 357 g/mol. The van der Waals surface area contributed by atoms with Crippen LogP contribution in [0.2, 0.25) is 5.02 Å². The first-order valence-electron chi connectivity index (χ1n) is 7.34. The molecule has 0 saturated carbocycles. The van der Waals surface area contributed by atoms with Crippen LogP contribution in [-0.2, 0) is 17.8 Å². The van der Waals surface area contributed by atoms with E-state index in [0.29, 0.717) is 5.69 Å². The number of carbonyl (C=O) groups excluding carboxylic acids is 1. The lowest BCUT2D eigenvalue weighted by Crippen LogP contribution is -2.15. The van der Waals surface area contributed by atoms with Crippen molar-refractivity contribution in [1.82, 2.24) is 14.8 Å². The van der Waals surface area contributed by atoms with Crippen LogP contribution in [0.25, 0.3) is 0 Å². The highest BCUT2D eigenvalue weighted by molar-refractivity contribution is 7.99. The van der Waals surface area contributed by atoms with E-state index in [1.807, 2.05) is 11.5 Å². The van der Waals surface area contributed by atoms with Crippen molar-refractivity contribution < 1.29 is 9.18 Å². The molecule has 0 radical (unpaired) electrons. The number of carbonyl (C=O) groups is 1. The molecule has 0 spiro atoms. The van der Waals surface area contributed by atoms with Gasteiger partial charge in [-0.15, -0.1) is 10.2 Å². The number of benzene rings is 1. The van der Waals surface area contributed by atoms with Crippen molar-refractivity contribution in [2.75, 3.05) is 11.1 Å². The van der Waals surface area contributed by atoms with E-state index in [4.69, 9.17) is 11.6 Å². The van der Waals surface area contributed by atoms with Gasteiger partial charge in [-0.1, -0.05) is 37.2 Å². The summed E-state index contributed by atoms with van der Waals surface area (Å²) in [6.45, 7) is 4.93. The molecule has 23 heavy (non-hydrogen) atoms. The van der Waals surface area contributed by atoms with E-state index in [9.17, 15) is 9.18 Å². The Morgan fingerprint density at radius 1 is 1.39 bits per heavy atom. The molecule has 0 atom stereocenters. The molecule has 0 aliphatic rings. The van der Waals surface area contributed by atoms with Gasteiger partial charge >= 0.3 is 0 Å². The monoisotopic (exact) mass is 356 g/mol. The zero-order valence-corrected chi connectivity index (χ0v) is 14.5. The number of nitrogens with one attached hydrogen (secondary N) is 1. The van der Waals surface area contributed by atoms with Gasteiger partial charge in [0.1, 0.15) is 11.6 Å². The summed E-state index contributed by atoms with van der Waals surface area (Å²) in [6.07, 6.45) is 1.77. The van der Waals surface area contributed by atoms with Crippen molar-refractivity contribution in [3.05, 3.63) is 34.9 Å². The Labute approximate surface area is 143 Å². The molecule has 124 valence electrons. The summed E-state index contributed by atoms with van der Waals surface area (Å²) < 4.78 is 15.1. The molecule has 5 nitrogen and oxygen atoms in total. The molecular formula is C15H18ClFN4OS. The maximum absolute atomic E-state index is 13.1. The van der Waals surface area contributed by atoms with Crippen LogP contribution in [0.1, 0.15) is 26.1 Å². The third-order valence-electron chi connectivity index (χ3n) is 3.09. The van der Waals surface area contributed by atoms with Crippen molar-refractivity contribution >= 4 is 35.0 Å². The van der Waals surface area contributed by atoms with E-state index >= 15 is 0 Å². The van der Waals surface area contributed by atoms with Crippen LogP contribution in [0.5, 0.6) is 0 Å². The Bertz CT molecular complexity index is 692. The van der Waals surface area contributed by atoms with E-state index < -0.39 is 5.82 Å². The van der Waals surface area contributed by atoms with Gasteiger partial charge in [0.15, 0.2) is 5.16 Å². The number of thioether (sulfide) groups is 1. The minimum Gasteiger partial charge on any atom is -0.325 e. The van der Waals surface area contributed by atoms with E-state index in [0.717, 1.165) is 30.4 Å². The summed E-state index contributed by atoms with van der Waals surface area (Å²) in [5, 5.41) is 11.7. The van der Waals surface area contributed by atoms with Gasteiger partial charge in [-0.3, -0.25) is 4.79 Å². The molecule has 1 aromatic heterocycles. The zero-order chi connectivity index (χ0) is 16.8. The lowest BCUT2D eigenvalue weighted by atomic mass is 10.3. The predicted molar refractivity (Wildman–Crippen MR) is 90.5 cm³/mol. The van der Waals surface area contributed by atoms with Gasteiger partial charge in [0.2, 0.25) is 5.91 Å². The minimum atomic E-state index is -0.515. The highest BCUT2D eigenvalue weighted by Crippen LogP contribution is 2.21. The van der Waals surface area contributed by atoms with Crippen LogP contribution >= 0.6 is 23.4 Å². The van der Waals surface area contributed by atoms with Gasteiger partial charge in [-0.25, -0.2) is 4.39 Å². The Balaban J connectivity index is 1.96. The summed E-state index contributed by atoms with van der Waals surface area (Å²) in [6, 6.07) is 4.07. The Hall–Kier alpha value is -1.60. The molecule has 1 N–H and O–H groups in total. The van der Waals surface area contributed by atoms with Gasteiger partial charge in [-0.05, 0) is 24.6 Å². The second-order valence-corrected chi connectivity index (χ2v) is 6.22. The average Bonchev–Trinajstić information content (AvgIpc) is 2.91. The second-order valence-electron chi connectivity index (χ2n) is 4.87. The number of nitrogens with zero attached hydrogens (tertiary/aromatic N) is 3. The second kappa shape index (κ2) is 8.31. The molecule has 8 heteroatoms. The van der Waals surface area contributed by atoms with E-state index in [1.54, 1.807) is 0 Å². The quantitative estimate of drug-likeness (QED) is 0.767. The number of halogens is 2. The smallest absolute Gasteiger partial charge is 0.234 e. The lowest BCUT2D eigenvalue weighted by molar-refractivity contribution is -0.113. The Morgan fingerprint density at radius 3 is 2.83 bits per heavy atom. The van der Waals surface area contributed by atoms with Crippen molar-refractivity contribution in [2.24, 2.45) is 0 Å². The maximum atomic E-state index is 13.1. The molecular weight excluding hydrogens is 339 g/mol. The van der Waals surface area contributed by atoms with Crippen molar-refractivity contribution in [1.29, 1.82) is 0 Å². The number of hydrogen-bond donors (Lipinski definition) is 1. The van der Waals surface area contributed by atoms with E-state index in [1.165, 1.54) is 30.0 Å². The Morgan fingerprint density at radius 2 is 2.17 bits per heavy atom. The maximum Gasteiger partial charge on any atom is 0.234 e. The van der Waals surface area contributed by atoms with Crippen LogP contribution in [0.4, 0.5) is 10.1 Å². The summed E-state index contributed by atoms with van der Waals surface area (Å²) in [5.41, 5.74) is 0.464. The van der Waals surface area contributed by atoms with Crippen LogP contribution in [0.15, 0.2) is 23.4 Å². The first kappa shape index (κ1) is 17.7. The fourth-order valence-corrected chi connectivity index (χ4v) is 3.00. The largest absolute Gasteiger partial charge is 0.325 e. The molecule has 0 unspecified atom stereocenters. The third kappa shape index (κ3) is 4.68. The van der Waals surface area contributed by atoms with E-state index in [2.05, 4.69) is 22.4 Å². The highest BCUT2D eigenvalue weighted by atomic mass is 35.5. The van der Waals surface area contributed by atoms with Crippen molar-refractivity contribution in [3.63, 3.8) is 0 Å². The number of hydrogen-bond acceptors (Lipinski definition) is 4. The predicted octanol–water partition coefficient (Wildman–Crippen LogP) is 3.77. The number of amides is 1. The van der Waals surface area contributed by atoms with Gasteiger partial charge in [0, 0.05) is 18.7 Å². The molecule has 0 saturated heterocycles. The molecule has 0 fully saturated rings. The number of aromatic nitrogens is 3. The molecule has 2 aromatic rings.